The SMILES string of the molecule is COc1ccc([C@H](CC(=O)OC(C)C)NC(=O)c2ccc3c(c2)OCCO3)cc1. The largest absolute Gasteiger partial charge is 0.497 e. The zero-order valence-corrected chi connectivity index (χ0v) is 16.8. The van der Waals surface area contributed by atoms with Crippen LogP contribution in [-0.2, 0) is 9.53 Å². The van der Waals surface area contributed by atoms with E-state index in [0.717, 1.165) is 5.56 Å². The van der Waals surface area contributed by atoms with Crippen LogP contribution in [0.15, 0.2) is 42.5 Å². The molecule has 154 valence electrons. The lowest BCUT2D eigenvalue weighted by Gasteiger charge is -2.21. The van der Waals surface area contributed by atoms with Gasteiger partial charge in [-0.2, -0.15) is 0 Å². The summed E-state index contributed by atoms with van der Waals surface area (Å²) in [5.74, 6) is 1.13. The third-order valence-electron chi connectivity index (χ3n) is 4.37. The van der Waals surface area contributed by atoms with E-state index in [2.05, 4.69) is 5.32 Å². The van der Waals surface area contributed by atoms with Crippen LogP contribution in [0.1, 0.15) is 42.2 Å². The van der Waals surface area contributed by atoms with Gasteiger partial charge in [0.2, 0.25) is 0 Å². The summed E-state index contributed by atoms with van der Waals surface area (Å²) in [6.45, 7) is 4.49. The lowest BCUT2D eigenvalue weighted by molar-refractivity contribution is -0.147. The smallest absolute Gasteiger partial charge is 0.308 e. The van der Waals surface area contributed by atoms with E-state index in [9.17, 15) is 9.59 Å². The quantitative estimate of drug-likeness (QED) is 0.720. The van der Waals surface area contributed by atoms with Gasteiger partial charge in [0, 0.05) is 5.56 Å². The highest BCUT2D eigenvalue weighted by atomic mass is 16.6. The maximum atomic E-state index is 12.9. The predicted molar refractivity (Wildman–Crippen MR) is 106 cm³/mol. The number of nitrogens with one attached hydrogen (secondary N) is 1. The van der Waals surface area contributed by atoms with Gasteiger partial charge in [-0.25, -0.2) is 0 Å². The summed E-state index contributed by atoms with van der Waals surface area (Å²) in [5, 5.41) is 2.92. The van der Waals surface area contributed by atoms with Crippen LogP contribution in [0.25, 0.3) is 0 Å². The number of esters is 1. The van der Waals surface area contributed by atoms with Gasteiger partial charge in [-0.3, -0.25) is 9.59 Å². The van der Waals surface area contributed by atoms with Gasteiger partial charge in [-0.05, 0) is 49.7 Å². The van der Waals surface area contributed by atoms with E-state index < -0.39 is 6.04 Å². The fourth-order valence-corrected chi connectivity index (χ4v) is 2.99. The first-order chi connectivity index (χ1) is 14.0. The van der Waals surface area contributed by atoms with E-state index in [-0.39, 0.29) is 24.4 Å². The molecule has 2 aromatic carbocycles. The molecule has 1 aliphatic rings. The highest BCUT2D eigenvalue weighted by Gasteiger charge is 2.22. The van der Waals surface area contributed by atoms with Gasteiger partial charge >= 0.3 is 5.97 Å². The molecule has 0 aliphatic carbocycles. The molecule has 0 unspecified atom stereocenters. The summed E-state index contributed by atoms with van der Waals surface area (Å²) < 4.78 is 21.5. The molecule has 29 heavy (non-hydrogen) atoms. The van der Waals surface area contributed by atoms with Crippen molar-refractivity contribution in [3.63, 3.8) is 0 Å². The van der Waals surface area contributed by atoms with Crippen LogP contribution in [0.5, 0.6) is 17.2 Å². The number of hydrogen-bond acceptors (Lipinski definition) is 6. The molecule has 0 radical (unpaired) electrons. The molecule has 1 amide bonds. The number of amides is 1. The molecular weight excluding hydrogens is 374 g/mol. The topological polar surface area (TPSA) is 83.1 Å². The highest BCUT2D eigenvalue weighted by molar-refractivity contribution is 5.95. The molecule has 1 atom stereocenters. The average Bonchev–Trinajstić information content (AvgIpc) is 2.72. The Morgan fingerprint density at radius 3 is 2.38 bits per heavy atom. The minimum atomic E-state index is -0.548. The summed E-state index contributed by atoms with van der Waals surface area (Å²) in [7, 11) is 1.58. The van der Waals surface area contributed by atoms with Gasteiger partial charge in [0.15, 0.2) is 11.5 Å². The number of carbonyl (C=O) groups excluding carboxylic acids is 2. The zero-order valence-electron chi connectivity index (χ0n) is 16.8. The maximum absolute atomic E-state index is 12.9. The van der Waals surface area contributed by atoms with E-state index in [1.807, 2.05) is 12.1 Å². The van der Waals surface area contributed by atoms with Crippen LogP contribution >= 0.6 is 0 Å². The minimum absolute atomic E-state index is 0.0147. The van der Waals surface area contributed by atoms with Crippen molar-refractivity contribution in [2.45, 2.75) is 32.4 Å². The minimum Gasteiger partial charge on any atom is -0.497 e. The number of ether oxygens (including phenoxy) is 4. The van der Waals surface area contributed by atoms with E-state index in [1.165, 1.54) is 0 Å². The van der Waals surface area contributed by atoms with Crippen LogP contribution in [0.3, 0.4) is 0 Å². The van der Waals surface area contributed by atoms with Gasteiger partial charge in [0.25, 0.3) is 5.91 Å². The van der Waals surface area contributed by atoms with Crippen molar-refractivity contribution < 1.29 is 28.5 Å². The van der Waals surface area contributed by atoms with Crippen molar-refractivity contribution in [1.29, 1.82) is 0 Å². The molecule has 1 N–H and O–H groups in total. The van der Waals surface area contributed by atoms with Crippen molar-refractivity contribution in [1.82, 2.24) is 5.32 Å². The molecule has 7 heteroatoms. The highest BCUT2D eigenvalue weighted by Crippen LogP contribution is 2.31. The standard InChI is InChI=1S/C22H25NO6/c1-14(2)29-21(24)13-18(15-4-7-17(26-3)8-5-15)23-22(25)16-6-9-19-20(12-16)28-11-10-27-19/h4-9,12,14,18H,10-11,13H2,1-3H3,(H,23,25)/t18-/m0/s1. The van der Waals surface area contributed by atoms with E-state index in [1.54, 1.807) is 51.3 Å². The van der Waals surface area contributed by atoms with Crippen molar-refractivity contribution in [2.24, 2.45) is 0 Å². The molecule has 0 fully saturated rings. The Kier molecular flexibility index (Phi) is 6.59. The van der Waals surface area contributed by atoms with E-state index in [0.29, 0.717) is 36.0 Å². The first-order valence-corrected chi connectivity index (χ1v) is 9.50. The van der Waals surface area contributed by atoms with Crippen LogP contribution < -0.4 is 19.5 Å². The van der Waals surface area contributed by atoms with Gasteiger partial charge < -0.3 is 24.3 Å². The molecule has 7 nitrogen and oxygen atoms in total. The molecule has 1 aliphatic heterocycles. The number of carbonyl (C=O) groups is 2. The van der Waals surface area contributed by atoms with Crippen molar-refractivity contribution in [3.8, 4) is 17.2 Å². The second kappa shape index (κ2) is 9.32. The first-order valence-electron chi connectivity index (χ1n) is 9.50. The van der Waals surface area contributed by atoms with Gasteiger partial charge in [0.05, 0.1) is 25.7 Å². The summed E-state index contributed by atoms with van der Waals surface area (Å²) in [6.07, 6.45) is -0.214. The normalized spacial score (nSPS) is 13.5. The third-order valence-corrected chi connectivity index (χ3v) is 4.37. The molecule has 0 spiro atoms. The Balaban J connectivity index is 1.79. The maximum Gasteiger partial charge on any atom is 0.308 e. The van der Waals surface area contributed by atoms with Crippen LogP contribution in [-0.4, -0.2) is 38.3 Å². The van der Waals surface area contributed by atoms with E-state index in [4.69, 9.17) is 18.9 Å². The fourth-order valence-electron chi connectivity index (χ4n) is 2.99. The van der Waals surface area contributed by atoms with Crippen molar-refractivity contribution in [3.05, 3.63) is 53.6 Å². The summed E-state index contributed by atoms with van der Waals surface area (Å²) >= 11 is 0. The third kappa shape index (κ3) is 5.40. The van der Waals surface area contributed by atoms with Gasteiger partial charge in [0.1, 0.15) is 19.0 Å². The van der Waals surface area contributed by atoms with Crippen LogP contribution in [0.4, 0.5) is 0 Å². The zero-order chi connectivity index (χ0) is 20.8. The monoisotopic (exact) mass is 399 g/mol. The van der Waals surface area contributed by atoms with Gasteiger partial charge in [-0.15, -0.1) is 0 Å². The molecule has 1 heterocycles. The van der Waals surface area contributed by atoms with Crippen LogP contribution in [0, 0.1) is 0 Å². The number of rotatable bonds is 7. The Hall–Kier alpha value is -3.22. The Labute approximate surface area is 169 Å². The molecular formula is C22H25NO6. The molecule has 2 aromatic rings. The number of fused-ring (bicyclic) bond motifs is 1. The lowest BCUT2D eigenvalue weighted by atomic mass is 10.0. The molecule has 3 rings (SSSR count). The number of benzene rings is 2. The predicted octanol–water partition coefficient (Wildman–Crippen LogP) is 3.28. The summed E-state index contributed by atoms with van der Waals surface area (Å²) in [5.41, 5.74) is 1.20. The lowest BCUT2D eigenvalue weighted by Crippen LogP contribution is -2.31. The molecule has 0 bridgehead atoms. The Morgan fingerprint density at radius 2 is 1.72 bits per heavy atom. The van der Waals surface area contributed by atoms with Crippen molar-refractivity contribution in [2.75, 3.05) is 20.3 Å². The molecule has 0 saturated heterocycles. The Morgan fingerprint density at radius 1 is 1.03 bits per heavy atom. The van der Waals surface area contributed by atoms with Crippen LogP contribution in [0.2, 0.25) is 0 Å². The fraction of sp³-hybridized carbons (Fsp3) is 0.364. The van der Waals surface area contributed by atoms with Crippen molar-refractivity contribution >= 4 is 11.9 Å². The van der Waals surface area contributed by atoms with E-state index >= 15 is 0 Å². The molecule has 0 aromatic heterocycles. The second-order valence-corrected chi connectivity index (χ2v) is 6.90. The number of hydrogen-bond donors (Lipinski definition) is 1. The summed E-state index contributed by atoms with van der Waals surface area (Å²) in [4.78, 5) is 25.1. The van der Waals surface area contributed by atoms with Gasteiger partial charge in [-0.1, -0.05) is 12.1 Å². The summed E-state index contributed by atoms with van der Waals surface area (Å²) in [6, 6.07) is 11.7. The Bertz CT molecular complexity index is 862. The first kappa shape index (κ1) is 20.5. The average molecular weight is 399 g/mol. The number of methoxy groups -OCH3 is 1. The molecule has 0 saturated carbocycles. The second-order valence-electron chi connectivity index (χ2n) is 6.90.